The highest BCUT2D eigenvalue weighted by atomic mass is 32.2. The van der Waals surface area contributed by atoms with Gasteiger partial charge in [-0.25, -0.2) is 16.8 Å². The summed E-state index contributed by atoms with van der Waals surface area (Å²) in [5.74, 6) is -1.34. The summed E-state index contributed by atoms with van der Waals surface area (Å²) in [6, 6.07) is 2.33. The first-order valence-corrected chi connectivity index (χ1v) is 10.4. The summed E-state index contributed by atoms with van der Waals surface area (Å²) >= 11 is 0. The Kier molecular flexibility index (Phi) is 5.84. The van der Waals surface area contributed by atoms with Crippen LogP contribution in [-0.4, -0.2) is 64.6 Å². The maximum absolute atomic E-state index is 12.8. The van der Waals surface area contributed by atoms with Crippen molar-refractivity contribution in [1.29, 1.82) is 0 Å². The largest absolute Gasteiger partial charge is 0.480 e. The molecular weight excluding hydrogens is 372 g/mol. The fourth-order valence-electron chi connectivity index (χ4n) is 2.30. The van der Waals surface area contributed by atoms with Crippen molar-refractivity contribution in [3.63, 3.8) is 0 Å². The summed E-state index contributed by atoms with van der Waals surface area (Å²) in [5.41, 5.74) is 0.400. The van der Waals surface area contributed by atoms with E-state index in [1.807, 2.05) is 4.72 Å². The number of sulfonamides is 2. The molecule has 1 fully saturated rings. The number of aryl methyl sites for hydroxylation is 1. The van der Waals surface area contributed by atoms with Crippen LogP contribution in [0.5, 0.6) is 0 Å². The van der Waals surface area contributed by atoms with E-state index in [1.54, 1.807) is 6.92 Å². The summed E-state index contributed by atoms with van der Waals surface area (Å²) < 4.78 is 58.5. The van der Waals surface area contributed by atoms with Crippen LogP contribution in [-0.2, 0) is 29.6 Å². The van der Waals surface area contributed by atoms with E-state index in [4.69, 9.17) is 9.84 Å². The van der Waals surface area contributed by atoms with Gasteiger partial charge in [0.15, 0.2) is 0 Å². The van der Waals surface area contributed by atoms with Gasteiger partial charge in [0.2, 0.25) is 20.0 Å². The smallest absolute Gasteiger partial charge is 0.321 e. The van der Waals surface area contributed by atoms with Gasteiger partial charge in [-0.2, -0.15) is 9.03 Å². The third-order valence-corrected chi connectivity index (χ3v) is 7.34. The van der Waals surface area contributed by atoms with Gasteiger partial charge in [0.05, 0.1) is 23.0 Å². The molecule has 0 aliphatic carbocycles. The molecule has 0 saturated carbocycles. The van der Waals surface area contributed by atoms with Gasteiger partial charge in [0, 0.05) is 13.1 Å². The van der Waals surface area contributed by atoms with E-state index in [0.717, 1.165) is 6.07 Å². The molecule has 1 aliphatic heterocycles. The lowest BCUT2D eigenvalue weighted by molar-refractivity contribution is -0.138. The van der Waals surface area contributed by atoms with Crippen molar-refractivity contribution in [3.05, 3.63) is 23.8 Å². The maximum atomic E-state index is 12.8. The van der Waals surface area contributed by atoms with Gasteiger partial charge >= 0.3 is 5.97 Å². The Morgan fingerprint density at radius 3 is 2.40 bits per heavy atom. The highest BCUT2D eigenvalue weighted by molar-refractivity contribution is 7.90. The van der Waals surface area contributed by atoms with Crippen molar-refractivity contribution in [3.8, 4) is 0 Å². The lowest BCUT2D eigenvalue weighted by atomic mass is 10.2. The van der Waals surface area contributed by atoms with E-state index in [1.165, 1.54) is 23.4 Å². The molecule has 0 radical (unpaired) electrons. The number of hydrogen-bond donors (Lipinski definition) is 2. The number of rotatable bonds is 6. The molecule has 1 aromatic rings. The molecule has 11 heteroatoms. The van der Waals surface area contributed by atoms with Crippen LogP contribution >= 0.6 is 0 Å². The van der Waals surface area contributed by atoms with Crippen LogP contribution in [0, 0.1) is 6.92 Å². The van der Waals surface area contributed by atoms with Crippen molar-refractivity contribution < 1.29 is 31.5 Å². The number of ether oxygens (including phenoxy) is 1. The van der Waals surface area contributed by atoms with Gasteiger partial charge in [-0.3, -0.25) is 4.79 Å². The topological polar surface area (TPSA) is 130 Å². The van der Waals surface area contributed by atoms with E-state index in [0.29, 0.717) is 5.56 Å². The van der Waals surface area contributed by atoms with Crippen molar-refractivity contribution in [2.24, 2.45) is 0 Å². The Labute approximate surface area is 146 Å². The minimum atomic E-state index is -4.17. The number of carbonyl (C=O) groups is 1. The summed E-state index contributed by atoms with van der Waals surface area (Å²) in [4.78, 5) is 10.4. The minimum absolute atomic E-state index is 0.125. The van der Waals surface area contributed by atoms with Gasteiger partial charge in [0.1, 0.15) is 6.04 Å². The number of carboxylic acids is 1. The monoisotopic (exact) mass is 392 g/mol. The predicted octanol–water partition coefficient (Wildman–Crippen LogP) is -0.233. The lowest BCUT2D eigenvalue weighted by Gasteiger charge is -2.26. The second kappa shape index (κ2) is 7.38. The summed E-state index contributed by atoms with van der Waals surface area (Å²) in [6.07, 6.45) is 0. The predicted molar refractivity (Wildman–Crippen MR) is 88.2 cm³/mol. The van der Waals surface area contributed by atoms with Crippen molar-refractivity contribution in [1.82, 2.24) is 9.03 Å². The number of carboxylic acid groups (broad SMARTS) is 1. The van der Waals surface area contributed by atoms with Crippen LogP contribution in [0.25, 0.3) is 0 Å². The Morgan fingerprint density at radius 1 is 1.24 bits per heavy atom. The molecule has 0 spiro atoms. The first-order valence-electron chi connectivity index (χ1n) is 7.49. The van der Waals surface area contributed by atoms with Crippen molar-refractivity contribution in [2.75, 3.05) is 26.3 Å². The van der Waals surface area contributed by atoms with Gasteiger partial charge in [-0.05, 0) is 31.5 Å². The normalized spacial score (nSPS) is 18.0. The number of nitrogens with zero attached hydrogens (tertiary/aromatic N) is 1. The van der Waals surface area contributed by atoms with E-state index in [2.05, 4.69) is 0 Å². The zero-order valence-corrected chi connectivity index (χ0v) is 15.4. The van der Waals surface area contributed by atoms with Gasteiger partial charge in [-0.1, -0.05) is 6.07 Å². The number of nitrogens with one attached hydrogen (secondary N) is 1. The summed E-state index contributed by atoms with van der Waals surface area (Å²) in [7, 11) is -8.05. The zero-order chi connectivity index (χ0) is 18.8. The zero-order valence-electron chi connectivity index (χ0n) is 13.8. The first-order chi connectivity index (χ1) is 11.6. The molecule has 2 rings (SSSR count). The van der Waals surface area contributed by atoms with Crippen LogP contribution < -0.4 is 4.72 Å². The quantitative estimate of drug-likeness (QED) is 0.684. The molecule has 0 aromatic heterocycles. The van der Waals surface area contributed by atoms with E-state index >= 15 is 0 Å². The highest BCUT2D eigenvalue weighted by Gasteiger charge is 2.30. The molecule has 2 N–H and O–H groups in total. The number of aliphatic carboxylic acids is 1. The number of morpholine rings is 1. The number of hydrogen-bond acceptors (Lipinski definition) is 6. The average molecular weight is 392 g/mol. The summed E-state index contributed by atoms with van der Waals surface area (Å²) in [5, 5.41) is 8.85. The summed E-state index contributed by atoms with van der Waals surface area (Å²) in [6.45, 7) is 3.67. The molecule has 0 unspecified atom stereocenters. The van der Waals surface area contributed by atoms with Crippen LogP contribution in [0.1, 0.15) is 12.5 Å². The molecular formula is C14H20N2O7S2. The Morgan fingerprint density at radius 2 is 1.84 bits per heavy atom. The molecule has 0 amide bonds. The van der Waals surface area contributed by atoms with E-state index < -0.39 is 32.1 Å². The second-order valence-electron chi connectivity index (χ2n) is 5.62. The number of benzene rings is 1. The first kappa shape index (κ1) is 19.8. The van der Waals surface area contributed by atoms with Gasteiger partial charge in [0.25, 0.3) is 0 Å². The Hall–Kier alpha value is -1.53. The molecule has 1 heterocycles. The van der Waals surface area contributed by atoms with Crippen molar-refractivity contribution >= 4 is 26.0 Å². The SMILES string of the molecule is Cc1ccc(S(=O)(=O)N[C@H](C)C(=O)O)cc1S(=O)(=O)N1CCOCC1. The van der Waals surface area contributed by atoms with E-state index in [-0.39, 0.29) is 36.1 Å². The Balaban J connectivity index is 2.42. The van der Waals surface area contributed by atoms with Gasteiger partial charge in [-0.15, -0.1) is 0 Å². The minimum Gasteiger partial charge on any atom is -0.480 e. The van der Waals surface area contributed by atoms with Gasteiger partial charge < -0.3 is 9.84 Å². The molecule has 9 nitrogen and oxygen atoms in total. The van der Waals surface area contributed by atoms with Crippen LogP contribution in [0.3, 0.4) is 0 Å². The fourth-order valence-corrected chi connectivity index (χ4v) is 5.26. The van der Waals surface area contributed by atoms with E-state index in [9.17, 15) is 21.6 Å². The maximum Gasteiger partial charge on any atom is 0.321 e. The fraction of sp³-hybridized carbons (Fsp3) is 0.500. The second-order valence-corrected chi connectivity index (χ2v) is 9.25. The Bertz CT molecular complexity index is 859. The molecule has 1 saturated heterocycles. The molecule has 1 atom stereocenters. The molecule has 1 aliphatic rings. The molecule has 0 bridgehead atoms. The van der Waals surface area contributed by atoms with Crippen LogP contribution in [0.15, 0.2) is 28.0 Å². The van der Waals surface area contributed by atoms with Crippen LogP contribution in [0.2, 0.25) is 0 Å². The average Bonchev–Trinajstić information content (AvgIpc) is 2.55. The van der Waals surface area contributed by atoms with Crippen molar-refractivity contribution in [2.45, 2.75) is 29.7 Å². The van der Waals surface area contributed by atoms with Crippen LogP contribution in [0.4, 0.5) is 0 Å². The molecule has 140 valence electrons. The standard InChI is InChI=1S/C14H20N2O7S2/c1-10-3-4-12(24(19,20)15-11(2)14(17)18)9-13(10)25(21,22)16-5-7-23-8-6-16/h3-4,9,11,15H,5-8H2,1-2H3,(H,17,18)/t11-/m1/s1. The molecule has 25 heavy (non-hydrogen) atoms. The third-order valence-electron chi connectivity index (χ3n) is 3.76. The molecule has 1 aromatic carbocycles. The lowest BCUT2D eigenvalue weighted by Crippen LogP contribution is -2.41. The third kappa shape index (κ3) is 4.36. The highest BCUT2D eigenvalue weighted by Crippen LogP contribution is 2.24.